The fraction of sp³-hybridized carbons (Fsp3) is 0.333. The average molecular weight is 445 g/mol. The third kappa shape index (κ3) is 5.33. The van der Waals surface area contributed by atoms with Crippen molar-refractivity contribution in [2.45, 2.75) is 6.92 Å². The predicted molar refractivity (Wildman–Crippen MR) is 116 cm³/mol. The van der Waals surface area contributed by atoms with Gasteiger partial charge in [0.15, 0.2) is 0 Å². The fourth-order valence-corrected chi connectivity index (χ4v) is 3.48. The molecule has 2 N–H and O–H groups in total. The molecule has 0 saturated carbocycles. The molecule has 7 heteroatoms. The Hall–Kier alpha value is -2.38. The van der Waals surface area contributed by atoms with E-state index in [0.717, 1.165) is 48.6 Å². The molecule has 1 aliphatic heterocycles. The molecule has 1 heterocycles. The van der Waals surface area contributed by atoms with Crippen LogP contribution in [0.2, 0.25) is 0 Å². The number of para-hydroxylation sites is 2. The van der Waals surface area contributed by atoms with Crippen molar-refractivity contribution in [1.29, 1.82) is 0 Å². The van der Waals surface area contributed by atoms with E-state index in [1.54, 1.807) is 24.3 Å². The second-order valence-electron chi connectivity index (χ2n) is 6.68. The topological polar surface area (TPSA) is 64.7 Å². The van der Waals surface area contributed by atoms with Gasteiger partial charge in [-0.3, -0.25) is 9.59 Å². The standard InChI is InChI=1S/C21H25BrN4O2/c1-2-25-11-13-26(14-12-25)19-6-4-3-5-18(19)24-20(27)15-23-21(28)16-7-9-17(22)10-8-16/h3-10H,2,11-15H2,1H3,(H,23,28)(H,24,27). The Morgan fingerprint density at radius 3 is 2.36 bits per heavy atom. The highest BCUT2D eigenvalue weighted by Crippen LogP contribution is 2.26. The number of halogens is 1. The summed E-state index contributed by atoms with van der Waals surface area (Å²) in [5.74, 6) is -0.517. The van der Waals surface area contributed by atoms with Crippen LogP contribution in [0.15, 0.2) is 53.0 Å². The minimum absolute atomic E-state index is 0.0765. The van der Waals surface area contributed by atoms with E-state index in [2.05, 4.69) is 43.3 Å². The summed E-state index contributed by atoms with van der Waals surface area (Å²) in [6.07, 6.45) is 0. The minimum atomic E-state index is -0.272. The summed E-state index contributed by atoms with van der Waals surface area (Å²) in [7, 11) is 0. The molecule has 0 spiro atoms. The van der Waals surface area contributed by atoms with E-state index in [9.17, 15) is 9.59 Å². The average Bonchev–Trinajstić information content (AvgIpc) is 2.73. The Morgan fingerprint density at radius 2 is 1.68 bits per heavy atom. The van der Waals surface area contributed by atoms with Crippen molar-refractivity contribution in [3.8, 4) is 0 Å². The second kappa shape index (κ2) is 9.71. The Labute approximate surface area is 174 Å². The van der Waals surface area contributed by atoms with Crippen LogP contribution in [0, 0.1) is 0 Å². The van der Waals surface area contributed by atoms with Crippen LogP contribution in [-0.4, -0.2) is 56.0 Å². The quantitative estimate of drug-likeness (QED) is 0.718. The fourth-order valence-electron chi connectivity index (χ4n) is 3.22. The third-order valence-corrected chi connectivity index (χ3v) is 5.38. The molecule has 1 saturated heterocycles. The summed E-state index contributed by atoms with van der Waals surface area (Å²) >= 11 is 3.34. The van der Waals surface area contributed by atoms with Gasteiger partial charge in [-0.2, -0.15) is 0 Å². The lowest BCUT2D eigenvalue weighted by Crippen LogP contribution is -2.46. The van der Waals surface area contributed by atoms with E-state index in [-0.39, 0.29) is 18.4 Å². The number of piperazine rings is 1. The number of hydrogen-bond acceptors (Lipinski definition) is 4. The summed E-state index contributed by atoms with van der Waals surface area (Å²) in [5.41, 5.74) is 2.31. The number of hydrogen-bond donors (Lipinski definition) is 2. The molecule has 0 radical (unpaired) electrons. The van der Waals surface area contributed by atoms with Gasteiger partial charge in [0.25, 0.3) is 5.91 Å². The van der Waals surface area contributed by atoms with Crippen LogP contribution in [0.5, 0.6) is 0 Å². The van der Waals surface area contributed by atoms with Crippen molar-refractivity contribution in [3.63, 3.8) is 0 Å². The number of benzene rings is 2. The molecule has 1 fully saturated rings. The summed E-state index contributed by atoms with van der Waals surface area (Å²) in [6, 6.07) is 14.8. The molecule has 2 aromatic carbocycles. The highest BCUT2D eigenvalue weighted by Gasteiger charge is 2.19. The van der Waals surface area contributed by atoms with Crippen LogP contribution in [-0.2, 0) is 4.79 Å². The first-order valence-electron chi connectivity index (χ1n) is 9.46. The van der Waals surface area contributed by atoms with Gasteiger partial charge in [-0.1, -0.05) is 35.0 Å². The van der Waals surface area contributed by atoms with E-state index < -0.39 is 0 Å². The van der Waals surface area contributed by atoms with Gasteiger partial charge in [-0.05, 0) is 42.9 Å². The number of amides is 2. The van der Waals surface area contributed by atoms with Crippen molar-refractivity contribution < 1.29 is 9.59 Å². The maximum absolute atomic E-state index is 12.4. The van der Waals surface area contributed by atoms with Gasteiger partial charge in [-0.15, -0.1) is 0 Å². The molecule has 148 valence electrons. The Balaban J connectivity index is 1.57. The molecule has 0 unspecified atom stereocenters. The van der Waals surface area contributed by atoms with E-state index in [1.807, 2.05) is 24.3 Å². The van der Waals surface area contributed by atoms with Gasteiger partial charge >= 0.3 is 0 Å². The third-order valence-electron chi connectivity index (χ3n) is 4.85. The van der Waals surface area contributed by atoms with E-state index in [4.69, 9.17) is 0 Å². The molecule has 2 amide bonds. The minimum Gasteiger partial charge on any atom is -0.367 e. The van der Waals surface area contributed by atoms with Gasteiger partial charge in [-0.25, -0.2) is 0 Å². The Morgan fingerprint density at radius 1 is 1.00 bits per heavy atom. The molecule has 0 atom stereocenters. The summed E-state index contributed by atoms with van der Waals surface area (Å²) in [6.45, 7) is 7.05. The first kappa shape index (κ1) is 20.4. The van der Waals surface area contributed by atoms with Gasteiger partial charge < -0.3 is 20.4 Å². The maximum Gasteiger partial charge on any atom is 0.251 e. The molecule has 3 rings (SSSR count). The lowest BCUT2D eigenvalue weighted by molar-refractivity contribution is -0.115. The van der Waals surface area contributed by atoms with Crippen molar-refractivity contribution in [2.24, 2.45) is 0 Å². The maximum atomic E-state index is 12.4. The zero-order valence-electron chi connectivity index (χ0n) is 16.0. The van der Waals surface area contributed by atoms with Crippen molar-refractivity contribution in [2.75, 3.05) is 49.5 Å². The van der Waals surface area contributed by atoms with Crippen LogP contribution < -0.4 is 15.5 Å². The van der Waals surface area contributed by atoms with Crippen LogP contribution in [0.4, 0.5) is 11.4 Å². The van der Waals surface area contributed by atoms with Crippen molar-refractivity contribution in [1.82, 2.24) is 10.2 Å². The second-order valence-corrected chi connectivity index (χ2v) is 7.59. The summed E-state index contributed by atoms with van der Waals surface area (Å²) in [5, 5.41) is 5.60. The first-order valence-corrected chi connectivity index (χ1v) is 10.3. The van der Waals surface area contributed by atoms with Crippen LogP contribution in [0.25, 0.3) is 0 Å². The zero-order chi connectivity index (χ0) is 19.9. The molecule has 2 aromatic rings. The van der Waals surface area contributed by atoms with Gasteiger partial charge in [0.1, 0.15) is 0 Å². The Bertz CT molecular complexity index is 817. The molecule has 1 aliphatic rings. The van der Waals surface area contributed by atoms with Gasteiger partial charge in [0, 0.05) is 36.2 Å². The lowest BCUT2D eigenvalue weighted by atomic mass is 10.2. The molecular formula is C21H25BrN4O2. The molecular weight excluding hydrogens is 420 g/mol. The predicted octanol–water partition coefficient (Wildman–Crippen LogP) is 2.96. The van der Waals surface area contributed by atoms with Crippen LogP contribution >= 0.6 is 15.9 Å². The van der Waals surface area contributed by atoms with Crippen molar-refractivity contribution >= 4 is 39.1 Å². The number of rotatable bonds is 6. The molecule has 0 aliphatic carbocycles. The highest BCUT2D eigenvalue weighted by molar-refractivity contribution is 9.10. The highest BCUT2D eigenvalue weighted by atomic mass is 79.9. The number of carbonyl (C=O) groups excluding carboxylic acids is 2. The van der Waals surface area contributed by atoms with Crippen molar-refractivity contribution in [3.05, 3.63) is 58.6 Å². The lowest BCUT2D eigenvalue weighted by Gasteiger charge is -2.36. The number of likely N-dealkylation sites (N-methyl/N-ethyl adjacent to an activating group) is 1. The molecule has 0 bridgehead atoms. The van der Waals surface area contributed by atoms with E-state index >= 15 is 0 Å². The van der Waals surface area contributed by atoms with Crippen LogP contribution in [0.3, 0.4) is 0 Å². The van der Waals surface area contributed by atoms with Gasteiger partial charge in [0.05, 0.1) is 17.9 Å². The van der Waals surface area contributed by atoms with Crippen LogP contribution in [0.1, 0.15) is 17.3 Å². The van der Waals surface area contributed by atoms with Gasteiger partial charge in [0.2, 0.25) is 5.91 Å². The number of nitrogens with one attached hydrogen (secondary N) is 2. The summed E-state index contributed by atoms with van der Waals surface area (Å²) < 4.78 is 0.901. The number of nitrogens with zero attached hydrogens (tertiary/aromatic N) is 2. The monoisotopic (exact) mass is 444 g/mol. The normalized spacial score (nSPS) is 14.6. The summed E-state index contributed by atoms with van der Waals surface area (Å²) in [4.78, 5) is 29.2. The zero-order valence-corrected chi connectivity index (χ0v) is 17.5. The Kier molecular flexibility index (Phi) is 7.06. The molecule has 6 nitrogen and oxygen atoms in total. The number of carbonyl (C=O) groups is 2. The van der Waals surface area contributed by atoms with E-state index in [1.165, 1.54) is 0 Å². The molecule has 0 aromatic heterocycles. The SMILES string of the molecule is CCN1CCN(c2ccccc2NC(=O)CNC(=O)c2ccc(Br)cc2)CC1. The molecule has 28 heavy (non-hydrogen) atoms. The van der Waals surface area contributed by atoms with E-state index in [0.29, 0.717) is 5.56 Å². The smallest absolute Gasteiger partial charge is 0.251 e. The largest absolute Gasteiger partial charge is 0.367 e. The first-order chi connectivity index (χ1) is 13.6. The number of anilines is 2.